The van der Waals surface area contributed by atoms with Gasteiger partial charge in [-0.05, 0) is 91.3 Å². The normalized spacial score (nSPS) is 41.4. The van der Waals surface area contributed by atoms with Crippen LogP contribution in [0.5, 0.6) is 0 Å². The Morgan fingerprint density at radius 3 is 2.45 bits per heavy atom. The highest BCUT2D eigenvalue weighted by Crippen LogP contribution is 2.68. The van der Waals surface area contributed by atoms with Gasteiger partial charge in [-0.3, -0.25) is 4.79 Å². The Morgan fingerprint density at radius 2 is 1.79 bits per heavy atom. The van der Waals surface area contributed by atoms with E-state index in [9.17, 15) is 4.79 Å². The van der Waals surface area contributed by atoms with Crippen LogP contribution in [0, 0.1) is 46.3 Å². The van der Waals surface area contributed by atoms with E-state index in [-0.39, 0.29) is 12.1 Å². The van der Waals surface area contributed by atoms with Crippen molar-refractivity contribution in [3.05, 3.63) is 11.1 Å². The molecule has 0 amide bonds. The Balaban J connectivity index is 1.54. The maximum Gasteiger partial charge on any atom is 0.302 e. The Labute approximate surface area is 212 Å². The summed E-state index contributed by atoms with van der Waals surface area (Å²) in [6, 6.07) is 0. The van der Waals surface area contributed by atoms with Crippen LogP contribution in [0.3, 0.4) is 0 Å². The highest BCUT2D eigenvalue weighted by Gasteiger charge is 2.60. The molecule has 0 bridgehead atoms. The lowest BCUT2D eigenvalue weighted by Gasteiger charge is -2.59. The number of esters is 1. The summed E-state index contributed by atoms with van der Waals surface area (Å²) in [5.74, 6) is 5.07. The summed E-state index contributed by atoms with van der Waals surface area (Å²) in [5, 5.41) is 0.992. The Kier molecular flexibility index (Phi) is 7.79. The molecule has 33 heavy (non-hydrogen) atoms. The van der Waals surface area contributed by atoms with Crippen LogP contribution in [0.1, 0.15) is 112 Å². The van der Waals surface area contributed by atoms with Gasteiger partial charge in [0.25, 0.3) is 0 Å². The molecule has 4 aliphatic rings. The first-order chi connectivity index (χ1) is 15.6. The lowest BCUT2D eigenvalue weighted by molar-refractivity contribution is -0.148. The molecule has 0 aromatic rings. The lowest BCUT2D eigenvalue weighted by Crippen LogP contribution is -2.52. The van der Waals surface area contributed by atoms with Crippen LogP contribution in [0.15, 0.2) is 11.1 Å². The van der Waals surface area contributed by atoms with Crippen molar-refractivity contribution >= 4 is 21.9 Å². The highest BCUT2D eigenvalue weighted by atomic mass is 79.9. The standard InChI is InChI=1S/C30H49BrO2/c1-19(2)8-7-9-20(3)25-10-11-26-24-16-22(18-31)28-17-23(33-21(4)32)12-14-30(28,6)27(24)13-15-29(25,26)5/h19-20,23-27H,7-18H2,1-6H3/t20-,23+,24+,25-,26+,27+,29-,30-/m1/s1. The van der Waals surface area contributed by atoms with Crippen LogP contribution in [0.2, 0.25) is 0 Å². The molecule has 8 atom stereocenters. The van der Waals surface area contributed by atoms with Gasteiger partial charge >= 0.3 is 5.97 Å². The summed E-state index contributed by atoms with van der Waals surface area (Å²) in [5.41, 5.74) is 4.15. The Morgan fingerprint density at radius 1 is 1.03 bits per heavy atom. The Bertz CT molecular complexity index is 756. The molecular weight excluding hydrogens is 472 g/mol. The molecule has 188 valence electrons. The smallest absolute Gasteiger partial charge is 0.302 e. The van der Waals surface area contributed by atoms with Crippen LogP contribution in [0.25, 0.3) is 0 Å². The van der Waals surface area contributed by atoms with Crippen molar-refractivity contribution in [1.29, 1.82) is 0 Å². The molecule has 0 heterocycles. The van der Waals surface area contributed by atoms with E-state index in [4.69, 9.17) is 4.74 Å². The molecule has 4 rings (SSSR count). The maximum atomic E-state index is 11.6. The maximum absolute atomic E-state index is 11.6. The third kappa shape index (κ3) is 4.75. The van der Waals surface area contributed by atoms with Crippen LogP contribution < -0.4 is 0 Å². The fraction of sp³-hybridized carbons (Fsp3) is 0.900. The summed E-state index contributed by atoms with van der Waals surface area (Å²) in [6.45, 7) is 14.1. The Hall–Kier alpha value is -0.310. The molecule has 0 radical (unpaired) electrons. The second-order valence-electron chi connectivity index (χ2n) is 13.2. The van der Waals surface area contributed by atoms with Crippen molar-refractivity contribution in [2.24, 2.45) is 46.3 Å². The summed E-state index contributed by atoms with van der Waals surface area (Å²) in [6.07, 6.45) is 14.5. The third-order valence-electron chi connectivity index (χ3n) is 11.0. The first-order valence-electron chi connectivity index (χ1n) is 14.0. The van der Waals surface area contributed by atoms with Crippen LogP contribution in [-0.4, -0.2) is 17.4 Å². The number of allylic oxidation sites excluding steroid dienone is 1. The molecule has 0 aromatic carbocycles. The summed E-state index contributed by atoms with van der Waals surface area (Å²) < 4.78 is 5.70. The molecule has 0 saturated heterocycles. The molecule has 4 aliphatic carbocycles. The van der Waals surface area contributed by atoms with E-state index in [1.54, 1.807) is 18.1 Å². The first-order valence-corrected chi connectivity index (χ1v) is 15.2. The van der Waals surface area contributed by atoms with E-state index >= 15 is 0 Å². The summed E-state index contributed by atoms with van der Waals surface area (Å²) in [7, 11) is 0. The topological polar surface area (TPSA) is 26.3 Å². The van der Waals surface area contributed by atoms with Crippen LogP contribution in [-0.2, 0) is 9.53 Å². The molecule has 3 heteroatoms. The van der Waals surface area contributed by atoms with Crippen molar-refractivity contribution in [2.75, 3.05) is 5.33 Å². The number of carbonyl (C=O) groups is 1. The summed E-state index contributed by atoms with van der Waals surface area (Å²) >= 11 is 3.88. The molecule has 0 N–H and O–H groups in total. The second-order valence-corrected chi connectivity index (χ2v) is 13.8. The minimum absolute atomic E-state index is 0.0904. The zero-order valence-corrected chi connectivity index (χ0v) is 23.8. The first kappa shape index (κ1) is 25.8. The quantitative estimate of drug-likeness (QED) is 0.190. The number of alkyl halides is 1. The minimum atomic E-state index is -0.119. The molecule has 0 unspecified atom stereocenters. The lowest BCUT2D eigenvalue weighted by atomic mass is 9.46. The van der Waals surface area contributed by atoms with Gasteiger partial charge in [-0.1, -0.05) is 81.0 Å². The molecule has 2 nitrogen and oxygen atoms in total. The van der Waals surface area contributed by atoms with Gasteiger partial charge in [0, 0.05) is 18.7 Å². The minimum Gasteiger partial charge on any atom is -0.462 e. The van der Waals surface area contributed by atoms with Crippen molar-refractivity contribution in [2.45, 2.75) is 118 Å². The zero-order chi connectivity index (χ0) is 24.0. The number of halogens is 1. The summed E-state index contributed by atoms with van der Waals surface area (Å²) in [4.78, 5) is 11.6. The van der Waals surface area contributed by atoms with E-state index in [1.807, 2.05) is 0 Å². The van der Waals surface area contributed by atoms with E-state index in [1.165, 1.54) is 57.8 Å². The van der Waals surface area contributed by atoms with Gasteiger partial charge in [-0.15, -0.1) is 0 Å². The zero-order valence-electron chi connectivity index (χ0n) is 22.2. The van der Waals surface area contributed by atoms with Crippen LogP contribution in [0.4, 0.5) is 0 Å². The molecule has 3 fully saturated rings. The number of rotatable bonds is 7. The molecule has 0 aromatic heterocycles. The van der Waals surface area contributed by atoms with Crippen molar-refractivity contribution in [3.63, 3.8) is 0 Å². The van der Waals surface area contributed by atoms with Crippen molar-refractivity contribution in [3.8, 4) is 0 Å². The van der Waals surface area contributed by atoms with Gasteiger partial charge in [-0.2, -0.15) is 0 Å². The van der Waals surface area contributed by atoms with Crippen molar-refractivity contribution < 1.29 is 9.53 Å². The average Bonchev–Trinajstić information content (AvgIpc) is 3.10. The predicted octanol–water partition coefficient (Wildman–Crippen LogP) is 8.72. The molecular formula is C30H49BrO2. The van der Waals surface area contributed by atoms with E-state index in [0.717, 1.165) is 53.7 Å². The predicted molar refractivity (Wildman–Crippen MR) is 141 cm³/mol. The van der Waals surface area contributed by atoms with Crippen molar-refractivity contribution in [1.82, 2.24) is 0 Å². The molecule has 0 aliphatic heterocycles. The van der Waals surface area contributed by atoms with Crippen LogP contribution >= 0.6 is 15.9 Å². The van der Waals surface area contributed by atoms with Gasteiger partial charge in [0.2, 0.25) is 0 Å². The highest BCUT2D eigenvalue weighted by molar-refractivity contribution is 9.09. The number of carbonyl (C=O) groups excluding carboxylic acids is 1. The fourth-order valence-corrected chi connectivity index (χ4v) is 9.97. The van der Waals surface area contributed by atoms with E-state index in [2.05, 4.69) is 50.5 Å². The monoisotopic (exact) mass is 520 g/mol. The van der Waals surface area contributed by atoms with Gasteiger partial charge in [0.15, 0.2) is 0 Å². The number of ether oxygens (including phenoxy) is 1. The number of fused-ring (bicyclic) bond motifs is 5. The second kappa shape index (κ2) is 9.98. The average molecular weight is 522 g/mol. The van der Waals surface area contributed by atoms with Gasteiger partial charge < -0.3 is 4.74 Å². The van der Waals surface area contributed by atoms with Gasteiger partial charge in [0.05, 0.1) is 0 Å². The largest absolute Gasteiger partial charge is 0.462 e. The molecule has 0 spiro atoms. The number of hydrogen-bond donors (Lipinski definition) is 0. The van der Waals surface area contributed by atoms with E-state index in [0.29, 0.717) is 10.8 Å². The fourth-order valence-electron chi connectivity index (χ4n) is 9.40. The van der Waals surface area contributed by atoms with Gasteiger partial charge in [-0.25, -0.2) is 0 Å². The third-order valence-corrected chi connectivity index (χ3v) is 11.6. The number of hydrogen-bond acceptors (Lipinski definition) is 2. The van der Waals surface area contributed by atoms with Gasteiger partial charge in [0.1, 0.15) is 6.10 Å². The SMILES string of the molecule is CC(=O)O[C@H]1CC[C@@]2(C)C(=C(CBr)C[C@H]3[C@@H]4CC[C@H]([C@H](C)CCCC(C)C)[C@@]4(C)CC[C@@H]32)C1. The molecule has 3 saturated carbocycles. The van der Waals surface area contributed by atoms with E-state index < -0.39 is 0 Å².